The lowest BCUT2D eigenvalue weighted by Gasteiger charge is -2.22. The summed E-state index contributed by atoms with van der Waals surface area (Å²) in [6.07, 6.45) is 5.97. The van der Waals surface area contributed by atoms with Crippen LogP contribution in [0.1, 0.15) is 46.0 Å². The Kier molecular flexibility index (Phi) is 4.58. The molecule has 0 aliphatic heterocycles. The second-order valence-electron chi connectivity index (χ2n) is 5.25. The molecular formula is C12H24N2O. The maximum atomic E-state index is 7.42. The van der Waals surface area contributed by atoms with Gasteiger partial charge in [0.15, 0.2) is 0 Å². The van der Waals surface area contributed by atoms with E-state index in [9.17, 15) is 0 Å². The minimum absolute atomic E-state index is 0.167. The zero-order valence-electron chi connectivity index (χ0n) is 10.0. The minimum Gasteiger partial charge on any atom is -0.387 e. The van der Waals surface area contributed by atoms with Gasteiger partial charge < -0.3 is 10.5 Å². The number of hydrogen-bond donors (Lipinski definition) is 2. The molecule has 3 N–H and O–H groups in total. The molecule has 1 aliphatic rings. The normalized spacial score (nSPS) is 16.7. The Hall–Kier alpha value is -0.570. The molecule has 3 heteroatoms. The van der Waals surface area contributed by atoms with Crippen LogP contribution in [0.5, 0.6) is 0 Å². The van der Waals surface area contributed by atoms with Crippen LogP contribution < -0.4 is 5.73 Å². The van der Waals surface area contributed by atoms with E-state index in [0.29, 0.717) is 0 Å². The van der Waals surface area contributed by atoms with E-state index in [0.717, 1.165) is 32.0 Å². The van der Waals surface area contributed by atoms with Gasteiger partial charge in [0.2, 0.25) is 0 Å². The van der Waals surface area contributed by atoms with Crippen LogP contribution in [0.15, 0.2) is 0 Å². The molecule has 1 saturated carbocycles. The first-order chi connectivity index (χ1) is 7.02. The van der Waals surface area contributed by atoms with Crippen LogP contribution in [-0.4, -0.2) is 19.0 Å². The van der Waals surface area contributed by atoms with Gasteiger partial charge in [0.05, 0.1) is 5.84 Å². The topological polar surface area (TPSA) is 59.1 Å². The molecule has 1 fully saturated rings. The van der Waals surface area contributed by atoms with E-state index in [4.69, 9.17) is 15.9 Å². The molecule has 15 heavy (non-hydrogen) atoms. The molecule has 0 aromatic heterocycles. The second-order valence-corrected chi connectivity index (χ2v) is 5.25. The van der Waals surface area contributed by atoms with Crippen molar-refractivity contribution in [3.8, 4) is 0 Å². The van der Waals surface area contributed by atoms with Crippen LogP contribution in [0.2, 0.25) is 0 Å². The Morgan fingerprint density at radius 3 is 2.60 bits per heavy atom. The highest BCUT2D eigenvalue weighted by atomic mass is 16.5. The molecule has 1 aliphatic carbocycles. The predicted molar refractivity (Wildman–Crippen MR) is 63.1 cm³/mol. The predicted octanol–water partition coefficient (Wildman–Crippen LogP) is 2.55. The van der Waals surface area contributed by atoms with Gasteiger partial charge in [0.25, 0.3) is 0 Å². The molecule has 0 aromatic rings. The van der Waals surface area contributed by atoms with Crippen molar-refractivity contribution in [2.75, 3.05) is 13.2 Å². The van der Waals surface area contributed by atoms with Crippen LogP contribution in [0, 0.1) is 16.7 Å². The lowest BCUT2D eigenvalue weighted by atomic mass is 9.87. The summed E-state index contributed by atoms with van der Waals surface area (Å²) in [5.41, 5.74) is 5.33. The fourth-order valence-electron chi connectivity index (χ4n) is 1.51. The number of nitrogens with one attached hydrogen (secondary N) is 1. The maximum Gasteiger partial charge on any atom is 0.0963 e. The third-order valence-corrected chi connectivity index (χ3v) is 3.19. The lowest BCUT2D eigenvalue weighted by Crippen LogP contribution is -2.31. The van der Waals surface area contributed by atoms with Gasteiger partial charge in [-0.25, -0.2) is 0 Å². The largest absolute Gasteiger partial charge is 0.387 e. The van der Waals surface area contributed by atoms with E-state index >= 15 is 0 Å². The van der Waals surface area contributed by atoms with E-state index in [-0.39, 0.29) is 11.3 Å². The standard InChI is InChI=1S/C12H24N2O/c1-12(2,11(13)14)7-3-8-15-9-6-10-4-5-10/h10H,3-9H2,1-2H3,(H3,13,14). The van der Waals surface area contributed by atoms with Gasteiger partial charge in [-0.05, 0) is 25.2 Å². The van der Waals surface area contributed by atoms with Gasteiger partial charge in [0.1, 0.15) is 0 Å². The summed E-state index contributed by atoms with van der Waals surface area (Å²) >= 11 is 0. The second kappa shape index (κ2) is 5.50. The van der Waals surface area contributed by atoms with E-state index in [1.54, 1.807) is 0 Å². The summed E-state index contributed by atoms with van der Waals surface area (Å²) in [6.45, 7) is 5.74. The third-order valence-electron chi connectivity index (χ3n) is 3.19. The molecule has 1 rings (SSSR count). The third kappa shape index (κ3) is 5.17. The summed E-state index contributed by atoms with van der Waals surface area (Å²) in [4.78, 5) is 0. The van der Waals surface area contributed by atoms with Gasteiger partial charge in [-0.2, -0.15) is 0 Å². The van der Waals surface area contributed by atoms with E-state index < -0.39 is 0 Å². The van der Waals surface area contributed by atoms with Crippen molar-refractivity contribution in [2.45, 2.75) is 46.0 Å². The average molecular weight is 212 g/mol. The molecule has 3 nitrogen and oxygen atoms in total. The van der Waals surface area contributed by atoms with Gasteiger partial charge >= 0.3 is 0 Å². The number of hydrogen-bond acceptors (Lipinski definition) is 2. The zero-order chi connectivity index (χ0) is 11.3. The SMILES string of the molecule is CC(C)(CCCOCCC1CC1)C(=N)N. The number of amidine groups is 1. The number of nitrogens with two attached hydrogens (primary N) is 1. The van der Waals surface area contributed by atoms with Crippen molar-refractivity contribution in [3.05, 3.63) is 0 Å². The molecule has 0 amide bonds. The number of ether oxygens (including phenoxy) is 1. The fourth-order valence-corrected chi connectivity index (χ4v) is 1.51. The molecule has 88 valence electrons. The highest BCUT2D eigenvalue weighted by Gasteiger charge is 2.21. The first-order valence-corrected chi connectivity index (χ1v) is 5.94. The van der Waals surface area contributed by atoms with Gasteiger partial charge in [-0.3, -0.25) is 5.41 Å². The van der Waals surface area contributed by atoms with Crippen molar-refractivity contribution in [2.24, 2.45) is 17.1 Å². The average Bonchev–Trinajstić information content (AvgIpc) is 2.94. The van der Waals surface area contributed by atoms with E-state index in [1.165, 1.54) is 19.3 Å². The maximum absolute atomic E-state index is 7.42. The van der Waals surface area contributed by atoms with Crippen LogP contribution in [-0.2, 0) is 4.74 Å². The van der Waals surface area contributed by atoms with Crippen LogP contribution in [0.3, 0.4) is 0 Å². The van der Waals surface area contributed by atoms with Crippen LogP contribution in [0.4, 0.5) is 0 Å². The first kappa shape index (κ1) is 12.5. The summed E-state index contributed by atoms with van der Waals surface area (Å²) in [7, 11) is 0. The van der Waals surface area contributed by atoms with Crippen molar-refractivity contribution >= 4 is 5.84 Å². The molecule has 0 unspecified atom stereocenters. The first-order valence-electron chi connectivity index (χ1n) is 5.94. The summed E-state index contributed by atoms with van der Waals surface area (Å²) in [5, 5.41) is 7.42. The van der Waals surface area contributed by atoms with Gasteiger partial charge in [-0.1, -0.05) is 26.7 Å². The number of rotatable bonds is 8. The van der Waals surface area contributed by atoms with Crippen molar-refractivity contribution in [1.82, 2.24) is 0 Å². The highest BCUT2D eigenvalue weighted by molar-refractivity contribution is 5.82. The van der Waals surface area contributed by atoms with Crippen LogP contribution in [0.25, 0.3) is 0 Å². The minimum atomic E-state index is -0.167. The molecule has 0 aromatic carbocycles. The van der Waals surface area contributed by atoms with Gasteiger partial charge in [0, 0.05) is 18.6 Å². The van der Waals surface area contributed by atoms with E-state index in [1.807, 2.05) is 13.8 Å². The molecule has 0 radical (unpaired) electrons. The Labute approximate surface area is 92.9 Å². The fraction of sp³-hybridized carbons (Fsp3) is 0.917. The molecule has 0 saturated heterocycles. The lowest BCUT2D eigenvalue weighted by molar-refractivity contribution is 0.120. The quantitative estimate of drug-likeness (QED) is 0.369. The van der Waals surface area contributed by atoms with Gasteiger partial charge in [-0.15, -0.1) is 0 Å². The molecule has 0 atom stereocenters. The molecule has 0 heterocycles. The molecule has 0 spiro atoms. The molecule has 0 bridgehead atoms. The monoisotopic (exact) mass is 212 g/mol. The van der Waals surface area contributed by atoms with E-state index in [2.05, 4.69) is 0 Å². The summed E-state index contributed by atoms with van der Waals surface area (Å²) in [6, 6.07) is 0. The van der Waals surface area contributed by atoms with Crippen LogP contribution >= 0.6 is 0 Å². The Balaban J connectivity index is 1.93. The zero-order valence-corrected chi connectivity index (χ0v) is 10.0. The summed E-state index contributed by atoms with van der Waals surface area (Å²) in [5.74, 6) is 1.24. The van der Waals surface area contributed by atoms with Crippen molar-refractivity contribution in [3.63, 3.8) is 0 Å². The highest BCUT2D eigenvalue weighted by Crippen LogP contribution is 2.32. The summed E-state index contributed by atoms with van der Waals surface area (Å²) < 4.78 is 5.55. The Morgan fingerprint density at radius 1 is 1.40 bits per heavy atom. The Bertz CT molecular complexity index is 210. The molecular weight excluding hydrogens is 188 g/mol. The van der Waals surface area contributed by atoms with Crippen molar-refractivity contribution in [1.29, 1.82) is 5.41 Å². The smallest absolute Gasteiger partial charge is 0.0963 e. The van der Waals surface area contributed by atoms with Crippen molar-refractivity contribution < 1.29 is 4.74 Å². The Morgan fingerprint density at radius 2 is 2.07 bits per heavy atom.